The fourth-order valence-corrected chi connectivity index (χ4v) is 3.67. The third-order valence-electron chi connectivity index (χ3n) is 4.54. The molecule has 2 aromatic rings. The Morgan fingerprint density at radius 2 is 2.25 bits per heavy atom. The Hall–Kier alpha value is -1.85. The molecule has 2 N–H and O–H groups in total. The van der Waals surface area contributed by atoms with Crippen LogP contribution in [0.3, 0.4) is 0 Å². The normalized spacial score (nSPS) is 16.8. The first kappa shape index (κ1) is 17.0. The van der Waals surface area contributed by atoms with E-state index >= 15 is 0 Å². The Morgan fingerprint density at radius 1 is 1.46 bits per heavy atom. The van der Waals surface area contributed by atoms with E-state index < -0.39 is 0 Å². The number of imidazole rings is 1. The molecule has 0 bridgehead atoms. The first-order valence-corrected chi connectivity index (χ1v) is 8.60. The molecule has 0 radical (unpaired) electrons. The molecule has 1 heterocycles. The zero-order valence-electron chi connectivity index (χ0n) is 14.0. The van der Waals surface area contributed by atoms with Gasteiger partial charge in [0.15, 0.2) is 0 Å². The average Bonchev–Trinajstić information content (AvgIpc) is 2.83. The van der Waals surface area contributed by atoms with Gasteiger partial charge in [0.25, 0.3) is 5.91 Å². The minimum absolute atomic E-state index is 0.0549. The quantitative estimate of drug-likeness (QED) is 0.892. The summed E-state index contributed by atoms with van der Waals surface area (Å²) in [5, 5.41) is 12.7. The van der Waals surface area contributed by atoms with E-state index in [1.54, 1.807) is 12.1 Å². The van der Waals surface area contributed by atoms with Crippen LogP contribution in [0, 0.1) is 13.8 Å². The molecule has 0 spiro atoms. The Kier molecular flexibility index (Phi) is 4.92. The van der Waals surface area contributed by atoms with E-state index in [0.29, 0.717) is 23.6 Å². The molecule has 5 nitrogen and oxygen atoms in total. The summed E-state index contributed by atoms with van der Waals surface area (Å²) in [5.74, 6) is 0.780. The lowest BCUT2D eigenvalue weighted by Gasteiger charge is -2.24. The van der Waals surface area contributed by atoms with Gasteiger partial charge in [-0.1, -0.05) is 17.7 Å². The first-order chi connectivity index (χ1) is 11.5. The van der Waals surface area contributed by atoms with Gasteiger partial charge in [0.2, 0.25) is 0 Å². The summed E-state index contributed by atoms with van der Waals surface area (Å²) in [6, 6.07) is 5.51. The van der Waals surface area contributed by atoms with Gasteiger partial charge in [-0.25, -0.2) is 4.98 Å². The van der Waals surface area contributed by atoms with Crippen LogP contribution in [0.1, 0.15) is 39.6 Å². The van der Waals surface area contributed by atoms with Crippen molar-refractivity contribution >= 4 is 17.5 Å². The molecule has 3 rings (SSSR count). The molecule has 1 unspecified atom stereocenters. The minimum Gasteiger partial charge on any atom is -0.395 e. The number of aryl methyl sites for hydroxylation is 2. The number of carbonyl (C=O) groups excluding carboxylic acids is 1. The van der Waals surface area contributed by atoms with E-state index in [0.717, 1.165) is 29.9 Å². The van der Waals surface area contributed by atoms with Crippen molar-refractivity contribution in [3.05, 3.63) is 51.6 Å². The van der Waals surface area contributed by atoms with Crippen molar-refractivity contribution in [2.75, 3.05) is 6.61 Å². The second-order valence-corrected chi connectivity index (χ2v) is 6.73. The molecule has 1 amide bonds. The standard InChI is InChI=1S/C18H22ClN3O2/c1-11-3-5-14(15(19)9-11)18(24)21-13-4-6-17-16(10-13)20-12(2)22(17)7-8-23/h3,5,9,13,23H,4,6-8,10H2,1-2H3,(H,21,24). The summed E-state index contributed by atoms with van der Waals surface area (Å²) in [4.78, 5) is 17.1. The third kappa shape index (κ3) is 3.32. The van der Waals surface area contributed by atoms with Crippen molar-refractivity contribution in [2.24, 2.45) is 0 Å². The van der Waals surface area contributed by atoms with Gasteiger partial charge < -0.3 is 15.0 Å². The van der Waals surface area contributed by atoms with Crippen molar-refractivity contribution in [3.8, 4) is 0 Å². The number of aliphatic hydroxyl groups excluding tert-OH is 1. The van der Waals surface area contributed by atoms with Crippen LogP contribution in [0.5, 0.6) is 0 Å². The maximum Gasteiger partial charge on any atom is 0.253 e. The van der Waals surface area contributed by atoms with Gasteiger partial charge in [0.05, 0.1) is 22.9 Å². The van der Waals surface area contributed by atoms with Crippen molar-refractivity contribution < 1.29 is 9.90 Å². The summed E-state index contributed by atoms with van der Waals surface area (Å²) < 4.78 is 2.07. The lowest BCUT2D eigenvalue weighted by Crippen LogP contribution is -2.39. The maximum absolute atomic E-state index is 12.5. The predicted octanol–water partition coefficient (Wildman–Crippen LogP) is 2.43. The predicted molar refractivity (Wildman–Crippen MR) is 93.5 cm³/mol. The number of aliphatic hydroxyl groups is 1. The zero-order valence-corrected chi connectivity index (χ0v) is 14.7. The third-order valence-corrected chi connectivity index (χ3v) is 4.86. The Labute approximate surface area is 146 Å². The lowest BCUT2D eigenvalue weighted by atomic mass is 9.95. The number of amides is 1. The molecule has 1 aromatic carbocycles. The molecule has 0 aliphatic heterocycles. The highest BCUT2D eigenvalue weighted by atomic mass is 35.5. The molecule has 24 heavy (non-hydrogen) atoms. The second-order valence-electron chi connectivity index (χ2n) is 6.32. The number of benzene rings is 1. The van der Waals surface area contributed by atoms with Crippen LogP contribution >= 0.6 is 11.6 Å². The topological polar surface area (TPSA) is 67.2 Å². The summed E-state index contributed by atoms with van der Waals surface area (Å²) in [6.45, 7) is 4.58. The van der Waals surface area contributed by atoms with Gasteiger partial charge in [-0.3, -0.25) is 4.79 Å². The molecule has 6 heteroatoms. The summed E-state index contributed by atoms with van der Waals surface area (Å²) in [5.41, 5.74) is 3.74. The number of hydrogen-bond acceptors (Lipinski definition) is 3. The molecular weight excluding hydrogens is 326 g/mol. The number of halogens is 1. The van der Waals surface area contributed by atoms with Crippen LogP contribution in [0.4, 0.5) is 0 Å². The van der Waals surface area contributed by atoms with Gasteiger partial charge in [0.1, 0.15) is 5.82 Å². The SMILES string of the molecule is Cc1ccc(C(=O)NC2CCc3c(nc(C)n3CCO)C2)c(Cl)c1. The van der Waals surface area contributed by atoms with Crippen LogP contribution in [-0.4, -0.2) is 33.2 Å². The molecule has 1 aromatic heterocycles. The van der Waals surface area contributed by atoms with Crippen LogP contribution in [0.2, 0.25) is 5.02 Å². The maximum atomic E-state index is 12.5. The number of carbonyl (C=O) groups is 1. The van der Waals surface area contributed by atoms with E-state index in [-0.39, 0.29) is 18.6 Å². The Morgan fingerprint density at radius 3 is 2.96 bits per heavy atom. The fourth-order valence-electron chi connectivity index (χ4n) is 3.35. The average molecular weight is 348 g/mol. The van der Waals surface area contributed by atoms with Crippen molar-refractivity contribution in [1.82, 2.24) is 14.9 Å². The molecule has 1 aliphatic rings. The van der Waals surface area contributed by atoms with E-state index in [1.165, 1.54) is 5.69 Å². The van der Waals surface area contributed by atoms with Gasteiger partial charge in [-0.15, -0.1) is 0 Å². The number of rotatable bonds is 4. The smallest absolute Gasteiger partial charge is 0.253 e. The number of nitrogens with zero attached hydrogens (tertiary/aromatic N) is 2. The summed E-state index contributed by atoms with van der Waals surface area (Å²) in [7, 11) is 0. The van der Waals surface area contributed by atoms with Crippen LogP contribution in [-0.2, 0) is 19.4 Å². The molecule has 1 atom stereocenters. The number of fused-ring (bicyclic) bond motifs is 1. The van der Waals surface area contributed by atoms with E-state index in [1.807, 2.05) is 19.9 Å². The van der Waals surface area contributed by atoms with Gasteiger partial charge in [-0.2, -0.15) is 0 Å². The molecule has 0 saturated carbocycles. The largest absolute Gasteiger partial charge is 0.395 e. The van der Waals surface area contributed by atoms with E-state index in [4.69, 9.17) is 11.6 Å². The van der Waals surface area contributed by atoms with E-state index in [2.05, 4.69) is 14.9 Å². The lowest BCUT2D eigenvalue weighted by molar-refractivity contribution is 0.0933. The van der Waals surface area contributed by atoms with Crippen molar-refractivity contribution in [3.63, 3.8) is 0 Å². The second kappa shape index (κ2) is 6.95. The zero-order chi connectivity index (χ0) is 17.3. The Balaban J connectivity index is 1.72. The molecule has 0 saturated heterocycles. The highest BCUT2D eigenvalue weighted by Crippen LogP contribution is 2.23. The molecule has 1 aliphatic carbocycles. The molecular formula is C18H22ClN3O2. The molecule has 0 fully saturated rings. The van der Waals surface area contributed by atoms with Gasteiger partial charge in [-0.05, 0) is 44.4 Å². The Bertz CT molecular complexity index is 770. The number of nitrogens with one attached hydrogen (secondary N) is 1. The highest BCUT2D eigenvalue weighted by molar-refractivity contribution is 6.33. The first-order valence-electron chi connectivity index (χ1n) is 8.22. The highest BCUT2D eigenvalue weighted by Gasteiger charge is 2.26. The van der Waals surface area contributed by atoms with Crippen LogP contribution in [0.25, 0.3) is 0 Å². The van der Waals surface area contributed by atoms with Crippen LogP contribution in [0.15, 0.2) is 18.2 Å². The summed E-state index contributed by atoms with van der Waals surface area (Å²) in [6.07, 6.45) is 2.42. The monoisotopic (exact) mass is 347 g/mol. The molecule has 128 valence electrons. The number of aromatic nitrogens is 2. The van der Waals surface area contributed by atoms with Crippen molar-refractivity contribution in [1.29, 1.82) is 0 Å². The van der Waals surface area contributed by atoms with Gasteiger partial charge >= 0.3 is 0 Å². The van der Waals surface area contributed by atoms with Crippen molar-refractivity contribution in [2.45, 2.75) is 45.7 Å². The minimum atomic E-state index is -0.139. The van der Waals surface area contributed by atoms with Crippen LogP contribution < -0.4 is 5.32 Å². The van der Waals surface area contributed by atoms with E-state index in [9.17, 15) is 9.90 Å². The fraction of sp³-hybridized carbons (Fsp3) is 0.444. The number of hydrogen-bond donors (Lipinski definition) is 2. The summed E-state index contributed by atoms with van der Waals surface area (Å²) >= 11 is 6.18. The van der Waals surface area contributed by atoms with Gasteiger partial charge in [0, 0.05) is 24.7 Å².